The van der Waals surface area contributed by atoms with Gasteiger partial charge in [0, 0.05) is 19.0 Å². The second-order valence-electron chi connectivity index (χ2n) is 8.56. The second-order valence-corrected chi connectivity index (χ2v) is 8.56. The summed E-state index contributed by atoms with van der Waals surface area (Å²) in [6.45, 7) is 2.57. The van der Waals surface area contributed by atoms with Crippen LogP contribution in [-0.4, -0.2) is 38.8 Å². The Bertz CT molecular complexity index is 1270. The zero-order chi connectivity index (χ0) is 23.3. The molecule has 33 heavy (non-hydrogen) atoms. The topological polar surface area (TPSA) is 75.4 Å². The molecule has 2 heterocycles. The molecule has 1 aromatic heterocycles. The number of carbonyl (C=O) groups is 1. The van der Waals surface area contributed by atoms with E-state index in [1.54, 1.807) is 17.0 Å². The third kappa shape index (κ3) is 3.32. The quantitative estimate of drug-likeness (QED) is 0.661. The third-order valence-corrected chi connectivity index (χ3v) is 6.68. The van der Waals surface area contributed by atoms with E-state index in [4.69, 9.17) is 0 Å². The van der Waals surface area contributed by atoms with Crippen LogP contribution in [0.1, 0.15) is 58.0 Å². The molecule has 0 saturated heterocycles. The van der Waals surface area contributed by atoms with Gasteiger partial charge in [-0.25, -0.2) is 8.78 Å². The molecule has 0 bridgehead atoms. The third-order valence-electron chi connectivity index (χ3n) is 6.68. The molecule has 0 saturated carbocycles. The smallest absolute Gasteiger partial charge is 0.276 e. The molecule has 1 aliphatic heterocycles. The van der Waals surface area contributed by atoms with Crippen molar-refractivity contribution in [2.24, 2.45) is 0 Å². The fraction of sp³-hybridized carbons (Fsp3) is 0.320. The van der Waals surface area contributed by atoms with Crippen LogP contribution in [-0.2, 0) is 12.8 Å². The van der Waals surface area contributed by atoms with Crippen LogP contribution < -0.4 is 5.43 Å². The number of hydrogen-bond acceptors (Lipinski definition) is 4. The summed E-state index contributed by atoms with van der Waals surface area (Å²) in [6, 6.07) is 9.11. The molecule has 1 atom stereocenters. The van der Waals surface area contributed by atoms with Crippen LogP contribution >= 0.6 is 0 Å². The first kappa shape index (κ1) is 21.3. The summed E-state index contributed by atoms with van der Waals surface area (Å²) in [5, 5.41) is 14.7. The van der Waals surface area contributed by atoms with Gasteiger partial charge in [-0.1, -0.05) is 31.2 Å². The Morgan fingerprint density at radius 2 is 1.64 bits per heavy atom. The highest BCUT2D eigenvalue weighted by Crippen LogP contribution is 2.44. The van der Waals surface area contributed by atoms with E-state index in [2.05, 4.69) is 5.10 Å². The number of rotatable bonds is 3. The lowest BCUT2D eigenvalue weighted by molar-refractivity contribution is 0.0634. The summed E-state index contributed by atoms with van der Waals surface area (Å²) in [5.74, 6) is -2.40. The lowest BCUT2D eigenvalue weighted by Gasteiger charge is -2.39. The average molecular weight is 451 g/mol. The first-order valence-corrected chi connectivity index (χ1v) is 11.1. The summed E-state index contributed by atoms with van der Waals surface area (Å²) in [5.41, 5.74) is 1.47. The van der Waals surface area contributed by atoms with Crippen molar-refractivity contribution in [3.8, 4) is 5.75 Å². The summed E-state index contributed by atoms with van der Waals surface area (Å²) in [6.07, 6.45) is 2.33. The number of amides is 1. The molecule has 0 unspecified atom stereocenters. The first-order chi connectivity index (χ1) is 15.9. The summed E-state index contributed by atoms with van der Waals surface area (Å²) < 4.78 is 31.2. The molecule has 2 aliphatic rings. The zero-order valence-electron chi connectivity index (χ0n) is 18.1. The molecule has 5 rings (SSSR count). The molecule has 3 aromatic rings. The van der Waals surface area contributed by atoms with E-state index in [0.29, 0.717) is 48.1 Å². The number of hydrogen-bond donors (Lipinski definition) is 1. The van der Waals surface area contributed by atoms with E-state index < -0.39 is 29.0 Å². The van der Waals surface area contributed by atoms with Gasteiger partial charge < -0.3 is 10.0 Å². The van der Waals surface area contributed by atoms with E-state index in [0.717, 1.165) is 6.20 Å². The molecule has 170 valence electrons. The van der Waals surface area contributed by atoms with E-state index in [9.17, 15) is 23.5 Å². The molecule has 8 heteroatoms. The summed E-state index contributed by atoms with van der Waals surface area (Å²) >= 11 is 0. The standard InChI is InChI=1S/C25H23F2N3O3/c1-2-11-29-13-20(30-23(25(29)33)24(32)21(31)12-28-30)22-16-5-3-7-18(26)14(16)9-10-15-17(22)6-4-8-19(15)27/h3-8,12,20,22,32H,2,9-11,13H2,1H3/t20-/m0/s1. The Hall–Kier alpha value is -3.55. The molecule has 1 N–H and O–H groups in total. The van der Waals surface area contributed by atoms with Crippen molar-refractivity contribution >= 4 is 5.91 Å². The lowest BCUT2D eigenvalue weighted by atomic mass is 9.81. The van der Waals surface area contributed by atoms with Crippen molar-refractivity contribution in [3.05, 3.63) is 92.4 Å². The SMILES string of the molecule is CCCN1C[C@@H](C2c3cccc(F)c3CCc3c(F)cccc32)n2ncc(=O)c(O)c2C1=O. The number of carbonyl (C=O) groups excluding carboxylic acids is 1. The minimum atomic E-state index is -0.745. The normalized spacial score (nSPS) is 17.8. The monoisotopic (exact) mass is 451 g/mol. The van der Waals surface area contributed by atoms with Gasteiger partial charge in [0.1, 0.15) is 11.6 Å². The summed E-state index contributed by atoms with van der Waals surface area (Å²) in [7, 11) is 0. The number of nitrogens with zero attached hydrogens (tertiary/aromatic N) is 3. The zero-order valence-corrected chi connectivity index (χ0v) is 18.1. The highest BCUT2D eigenvalue weighted by Gasteiger charge is 2.41. The van der Waals surface area contributed by atoms with Crippen LogP contribution in [0, 0.1) is 11.6 Å². The molecule has 0 fully saturated rings. The van der Waals surface area contributed by atoms with E-state index >= 15 is 0 Å². The molecule has 0 spiro atoms. The van der Waals surface area contributed by atoms with Crippen molar-refractivity contribution in [2.45, 2.75) is 38.1 Å². The highest BCUT2D eigenvalue weighted by molar-refractivity contribution is 5.95. The van der Waals surface area contributed by atoms with E-state index in [-0.39, 0.29) is 23.9 Å². The maximum Gasteiger partial charge on any atom is 0.276 e. The van der Waals surface area contributed by atoms with Crippen LogP contribution in [0.4, 0.5) is 8.78 Å². The van der Waals surface area contributed by atoms with Crippen LogP contribution in [0.5, 0.6) is 5.75 Å². The lowest BCUT2D eigenvalue weighted by Crippen LogP contribution is -2.47. The Labute approximate surface area is 189 Å². The van der Waals surface area contributed by atoms with Gasteiger partial charge in [0.25, 0.3) is 5.91 Å². The van der Waals surface area contributed by atoms with Crippen molar-refractivity contribution in [2.75, 3.05) is 13.1 Å². The van der Waals surface area contributed by atoms with Gasteiger partial charge in [-0.15, -0.1) is 0 Å². The van der Waals surface area contributed by atoms with Gasteiger partial charge in [-0.3, -0.25) is 14.3 Å². The molecule has 2 aromatic carbocycles. The van der Waals surface area contributed by atoms with Gasteiger partial charge in [-0.2, -0.15) is 5.10 Å². The predicted octanol–water partition coefficient (Wildman–Crippen LogP) is 3.56. The molecule has 0 radical (unpaired) electrons. The van der Waals surface area contributed by atoms with Gasteiger partial charge >= 0.3 is 0 Å². The minimum Gasteiger partial charge on any atom is -0.502 e. The maximum atomic E-state index is 14.9. The molecular weight excluding hydrogens is 428 g/mol. The molecule has 6 nitrogen and oxygen atoms in total. The van der Waals surface area contributed by atoms with Crippen LogP contribution in [0.2, 0.25) is 0 Å². The molecular formula is C25H23F2N3O3. The molecule has 1 amide bonds. The van der Waals surface area contributed by atoms with Crippen molar-refractivity contribution in [1.82, 2.24) is 14.7 Å². The fourth-order valence-corrected chi connectivity index (χ4v) is 5.25. The highest BCUT2D eigenvalue weighted by atomic mass is 19.1. The van der Waals surface area contributed by atoms with Crippen LogP contribution in [0.15, 0.2) is 47.4 Å². The van der Waals surface area contributed by atoms with E-state index in [1.807, 2.05) is 19.1 Å². The largest absolute Gasteiger partial charge is 0.502 e. The first-order valence-electron chi connectivity index (χ1n) is 11.1. The van der Waals surface area contributed by atoms with Gasteiger partial charge in [0.2, 0.25) is 5.43 Å². The number of aromatic hydroxyl groups is 1. The maximum absolute atomic E-state index is 14.9. The number of benzene rings is 2. The minimum absolute atomic E-state index is 0.188. The second kappa shape index (κ2) is 8.10. The van der Waals surface area contributed by atoms with Gasteiger partial charge in [-0.05, 0) is 53.6 Å². The van der Waals surface area contributed by atoms with Gasteiger partial charge in [0.05, 0.1) is 12.2 Å². The Kier molecular flexibility index (Phi) is 5.23. The Balaban J connectivity index is 1.80. The van der Waals surface area contributed by atoms with Crippen LogP contribution in [0.25, 0.3) is 0 Å². The number of fused-ring (bicyclic) bond motifs is 3. The Morgan fingerprint density at radius 1 is 1.03 bits per heavy atom. The van der Waals surface area contributed by atoms with Crippen molar-refractivity contribution < 1.29 is 18.7 Å². The van der Waals surface area contributed by atoms with Crippen molar-refractivity contribution in [3.63, 3.8) is 0 Å². The predicted molar refractivity (Wildman–Crippen MR) is 117 cm³/mol. The number of halogens is 2. The Morgan fingerprint density at radius 3 is 2.21 bits per heavy atom. The van der Waals surface area contributed by atoms with Gasteiger partial charge in [0.15, 0.2) is 11.4 Å². The average Bonchev–Trinajstić information content (AvgIpc) is 2.96. The summed E-state index contributed by atoms with van der Waals surface area (Å²) in [4.78, 5) is 26.8. The van der Waals surface area contributed by atoms with E-state index in [1.165, 1.54) is 16.8 Å². The fourth-order valence-electron chi connectivity index (χ4n) is 5.25. The number of aromatic nitrogens is 2. The molecule has 1 aliphatic carbocycles. The van der Waals surface area contributed by atoms with Crippen LogP contribution in [0.3, 0.4) is 0 Å². The van der Waals surface area contributed by atoms with Crippen molar-refractivity contribution in [1.29, 1.82) is 0 Å².